The van der Waals surface area contributed by atoms with Crippen LogP contribution in [0.15, 0.2) is 6.07 Å². The summed E-state index contributed by atoms with van der Waals surface area (Å²) in [6, 6.07) is 1.72. The molecule has 1 atom stereocenters. The maximum absolute atomic E-state index is 11.4. The number of aryl methyl sites for hydroxylation is 1. The molecule has 0 saturated carbocycles. The van der Waals surface area contributed by atoms with E-state index < -0.39 is 5.41 Å². The summed E-state index contributed by atoms with van der Waals surface area (Å²) in [5.74, 6) is 1.58. The van der Waals surface area contributed by atoms with Crippen LogP contribution in [0, 0.1) is 12.3 Å². The first-order valence-electron chi connectivity index (χ1n) is 5.57. The molecule has 6 nitrogen and oxygen atoms in total. The van der Waals surface area contributed by atoms with Gasteiger partial charge in [-0.25, -0.2) is 9.97 Å². The largest absolute Gasteiger partial charge is 0.384 e. The van der Waals surface area contributed by atoms with Gasteiger partial charge in [0.1, 0.15) is 17.5 Å². The molecular weight excluding hydrogens is 218 g/mol. The molecule has 6 heteroatoms. The summed E-state index contributed by atoms with van der Waals surface area (Å²) >= 11 is 0. The highest BCUT2D eigenvalue weighted by Crippen LogP contribution is 2.32. The summed E-state index contributed by atoms with van der Waals surface area (Å²) in [6.45, 7) is 5.02. The molecule has 4 N–H and O–H groups in total. The third-order valence-electron chi connectivity index (χ3n) is 3.24. The van der Waals surface area contributed by atoms with E-state index in [1.54, 1.807) is 13.0 Å². The van der Waals surface area contributed by atoms with E-state index in [9.17, 15) is 4.79 Å². The summed E-state index contributed by atoms with van der Waals surface area (Å²) in [6.07, 6.45) is 0.741. The van der Waals surface area contributed by atoms with Gasteiger partial charge in [-0.3, -0.25) is 4.79 Å². The number of primary amides is 1. The average molecular weight is 235 g/mol. The zero-order valence-corrected chi connectivity index (χ0v) is 10.1. The van der Waals surface area contributed by atoms with Crippen molar-refractivity contribution in [3.63, 3.8) is 0 Å². The third kappa shape index (κ3) is 2.15. The van der Waals surface area contributed by atoms with Gasteiger partial charge in [-0.05, 0) is 20.3 Å². The number of carbonyl (C=O) groups is 1. The van der Waals surface area contributed by atoms with Gasteiger partial charge in [-0.15, -0.1) is 0 Å². The zero-order valence-electron chi connectivity index (χ0n) is 10.1. The van der Waals surface area contributed by atoms with E-state index in [4.69, 9.17) is 11.5 Å². The fourth-order valence-electron chi connectivity index (χ4n) is 2.09. The third-order valence-corrected chi connectivity index (χ3v) is 3.24. The Kier molecular flexibility index (Phi) is 2.65. The highest BCUT2D eigenvalue weighted by molar-refractivity contribution is 5.82. The average Bonchev–Trinajstić information content (AvgIpc) is 2.61. The molecule has 1 amide bonds. The van der Waals surface area contributed by atoms with Gasteiger partial charge in [-0.2, -0.15) is 0 Å². The standard InChI is InChI=1S/C11H17N5O/c1-7-14-8(12)5-9(15-7)16-4-3-11(2,6-16)10(13)17/h5H,3-4,6H2,1-2H3,(H2,13,17)(H2,12,14,15). The first-order valence-corrected chi connectivity index (χ1v) is 5.57. The number of anilines is 2. The summed E-state index contributed by atoms with van der Waals surface area (Å²) in [5.41, 5.74) is 10.6. The van der Waals surface area contributed by atoms with Crippen molar-refractivity contribution >= 4 is 17.5 Å². The second-order valence-corrected chi connectivity index (χ2v) is 4.79. The molecule has 1 aromatic rings. The number of aromatic nitrogens is 2. The highest BCUT2D eigenvalue weighted by Gasteiger charge is 2.39. The molecule has 2 heterocycles. The second-order valence-electron chi connectivity index (χ2n) is 4.79. The fraction of sp³-hybridized carbons (Fsp3) is 0.545. The van der Waals surface area contributed by atoms with E-state index in [1.807, 2.05) is 11.8 Å². The number of nitrogen functional groups attached to an aromatic ring is 1. The van der Waals surface area contributed by atoms with Gasteiger partial charge in [0, 0.05) is 19.2 Å². The summed E-state index contributed by atoms with van der Waals surface area (Å²) < 4.78 is 0. The minimum Gasteiger partial charge on any atom is -0.384 e. The number of hydrogen-bond donors (Lipinski definition) is 2. The number of rotatable bonds is 2. The van der Waals surface area contributed by atoms with Gasteiger partial charge in [0.25, 0.3) is 0 Å². The van der Waals surface area contributed by atoms with Gasteiger partial charge in [0.05, 0.1) is 5.41 Å². The molecule has 1 unspecified atom stereocenters. The number of nitrogens with two attached hydrogens (primary N) is 2. The van der Waals surface area contributed by atoms with Crippen molar-refractivity contribution in [2.45, 2.75) is 20.3 Å². The predicted molar refractivity (Wildman–Crippen MR) is 65.3 cm³/mol. The van der Waals surface area contributed by atoms with E-state index in [0.29, 0.717) is 18.2 Å². The van der Waals surface area contributed by atoms with E-state index in [2.05, 4.69) is 9.97 Å². The topological polar surface area (TPSA) is 98.1 Å². The predicted octanol–water partition coefficient (Wildman–Crippen LogP) is 0.0689. The Morgan fingerprint density at radius 2 is 2.24 bits per heavy atom. The Hall–Kier alpha value is -1.85. The minimum atomic E-state index is -0.479. The Morgan fingerprint density at radius 1 is 1.53 bits per heavy atom. The lowest BCUT2D eigenvalue weighted by molar-refractivity contribution is -0.125. The van der Waals surface area contributed by atoms with Gasteiger partial charge in [0.2, 0.25) is 5.91 Å². The van der Waals surface area contributed by atoms with Crippen LogP contribution < -0.4 is 16.4 Å². The Labute approximate surface area is 100 Å². The van der Waals surface area contributed by atoms with E-state index in [-0.39, 0.29) is 5.91 Å². The molecule has 1 fully saturated rings. The Morgan fingerprint density at radius 3 is 2.76 bits per heavy atom. The van der Waals surface area contributed by atoms with E-state index in [0.717, 1.165) is 18.8 Å². The number of carbonyl (C=O) groups excluding carboxylic acids is 1. The normalized spacial score (nSPS) is 24.0. The molecule has 0 aromatic carbocycles. The molecule has 17 heavy (non-hydrogen) atoms. The number of amides is 1. The van der Waals surface area contributed by atoms with Crippen molar-refractivity contribution in [2.24, 2.45) is 11.1 Å². The van der Waals surface area contributed by atoms with Crippen LogP contribution in [0.2, 0.25) is 0 Å². The van der Waals surface area contributed by atoms with Crippen molar-refractivity contribution in [2.75, 3.05) is 23.7 Å². The Balaban J connectivity index is 2.23. The summed E-state index contributed by atoms with van der Waals surface area (Å²) in [4.78, 5) is 21.7. The van der Waals surface area contributed by atoms with Crippen LogP contribution in [0.4, 0.5) is 11.6 Å². The summed E-state index contributed by atoms with van der Waals surface area (Å²) in [7, 11) is 0. The number of nitrogens with zero attached hydrogens (tertiary/aromatic N) is 3. The maximum Gasteiger partial charge on any atom is 0.225 e. The van der Waals surface area contributed by atoms with Crippen molar-refractivity contribution < 1.29 is 4.79 Å². The van der Waals surface area contributed by atoms with Crippen LogP contribution in [0.25, 0.3) is 0 Å². The molecule has 0 bridgehead atoms. The molecule has 0 spiro atoms. The molecule has 2 rings (SSSR count). The molecule has 1 saturated heterocycles. The van der Waals surface area contributed by atoms with Crippen molar-refractivity contribution in [1.82, 2.24) is 9.97 Å². The van der Waals surface area contributed by atoms with Crippen molar-refractivity contribution in [3.05, 3.63) is 11.9 Å². The van der Waals surface area contributed by atoms with E-state index in [1.165, 1.54) is 0 Å². The zero-order chi connectivity index (χ0) is 12.6. The summed E-state index contributed by atoms with van der Waals surface area (Å²) in [5, 5.41) is 0. The molecule has 1 aliphatic heterocycles. The smallest absolute Gasteiger partial charge is 0.225 e. The van der Waals surface area contributed by atoms with Gasteiger partial charge in [-0.1, -0.05) is 0 Å². The molecular formula is C11H17N5O. The lowest BCUT2D eigenvalue weighted by Gasteiger charge is -2.21. The first kappa shape index (κ1) is 11.6. The van der Waals surface area contributed by atoms with Gasteiger partial charge >= 0.3 is 0 Å². The van der Waals surface area contributed by atoms with Crippen LogP contribution >= 0.6 is 0 Å². The lowest BCUT2D eigenvalue weighted by atomic mass is 9.89. The molecule has 1 aliphatic rings. The van der Waals surface area contributed by atoms with Crippen LogP contribution in [0.1, 0.15) is 19.2 Å². The van der Waals surface area contributed by atoms with Crippen LogP contribution in [-0.4, -0.2) is 29.0 Å². The first-order chi connectivity index (χ1) is 7.90. The SMILES string of the molecule is Cc1nc(N)cc(N2CCC(C)(C(N)=O)C2)n1. The highest BCUT2D eigenvalue weighted by atomic mass is 16.1. The molecule has 92 valence electrons. The second kappa shape index (κ2) is 3.87. The van der Waals surface area contributed by atoms with Crippen molar-refractivity contribution in [1.29, 1.82) is 0 Å². The minimum absolute atomic E-state index is 0.265. The maximum atomic E-state index is 11.4. The number of hydrogen-bond acceptors (Lipinski definition) is 5. The monoisotopic (exact) mass is 235 g/mol. The van der Waals surface area contributed by atoms with Gasteiger partial charge < -0.3 is 16.4 Å². The van der Waals surface area contributed by atoms with Crippen molar-refractivity contribution in [3.8, 4) is 0 Å². The Bertz CT molecular complexity index is 441. The molecule has 0 radical (unpaired) electrons. The lowest BCUT2D eigenvalue weighted by Crippen LogP contribution is -2.37. The molecule has 0 aliphatic carbocycles. The van der Waals surface area contributed by atoms with Crippen LogP contribution in [0.3, 0.4) is 0 Å². The van der Waals surface area contributed by atoms with Crippen LogP contribution in [0.5, 0.6) is 0 Å². The van der Waals surface area contributed by atoms with Crippen LogP contribution in [-0.2, 0) is 4.79 Å². The quantitative estimate of drug-likeness (QED) is 0.755. The van der Waals surface area contributed by atoms with Gasteiger partial charge in [0.15, 0.2) is 0 Å². The molecule has 1 aromatic heterocycles. The fourth-order valence-corrected chi connectivity index (χ4v) is 2.09. The van der Waals surface area contributed by atoms with E-state index >= 15 is 0 Å².